The predicted octanol–water partition coefficient (Wildman–Crippen LogP) is 2.85. The summed E-state index contributed by atoms with van der Waals surface area (Å²) in [4.78, 5) is 6.47. The number of guanidine groups is 1. The lowest BCUT2D eigenvalue weighted by molar-refractivity contribution is 0.239. The van der Waals surface area contributed by atoms with Crippen LogP contribution in [0.25, 0.3) is 0 Å². The van der Waals surface area contributed by atoms with Gasteiger partial charge in [-0.3, -0.25) is 4.99 Å². The average molecular weight is 398 g/mol. The Labute approximate surface area is 161 Å². The molecule has 0 radical (unpaired) electrons. The van der Waals surface area contributed by atoms with Gasteiger partial charge in [-0.25, -0.2) is 8.42 Å². The highest BCUT2D eigenvalue weighted by Crippen LogP contribution is 2.43. The number of sulfone groups is 1. The first-order chi connectivity index (χ1) is 12.2. The molecule has 144 valence electrons. The van der Waals surface area contributed by atoms with Gasteiger partial charge < -0.3 is 10.2 Å². The van der Waals surface area contributed by atoms with Crippen LogP contribution in [-0.2, 0) is 15.3 Å². The number of halogens is 1. The molecule has 1 saturated carbocycles. The Hall–Kier alpha value is -1.27. The molecule has 0 amide bonds. The van der Waals surface area contributed by atoms with Crippen molar-refractivity contribution >= 4 is 27.4 Å². The summed E-state index contributed by atoms with van der Waals surface area (Å²) in [7, 11) is -1.30. The van der Waals surface area contributed by atoms with E-state index >= 15 is 0 Å². The Bertz CT molecular complexity index is 784. The molecule has 3 rings (SSSR count). The Morgan fingerprint density at radius 2 is 1.92 bits per heavy atom. The quantitative estimate of drug-likeness (QED) is 0.629. The van der Waals surface area contributed by atoms with E-state index in [-0.39, 0.29) is 11.2 Å². The minimum Gasteiger partial charge on any atom is -0.355 e. The topological polar surface area (TPSA) is 61.8 Å². The maximum atomic E-state index is 12.2. The maximum absolute atomic E-state index is 12.2. The second kappa shape index (κ2) is 7.04. The summed E-state index contributed by atoms with van der Waals surface area (Å²) in [6.45, 7) is 5.33. The van der Waals surface area contributed by atoms with Crippen molar-refractivity contribution in [2.75, 3.05) is 32.4 Å². The molecule has 1 heterocycles. The zero-order valence-electron chi connectivity index (χ0n) is 15.8. The normalized spacial score (nSPS) is 24.0. The molecule has 0 bridgehead atoms. The summed E-state index contributed by atoms with van der Waals surface area (Å²) >= 11 is 6.03. The Morgan fingerprint density at radius 1 is 1.27 bits per heavy atom. The van der Waals surface area contributed by atoms with E-state index in [1.54, 1.807) is 20.9 Å². The average Bonchev–Trinajstić information content (AvgIpc) is 2.54. The lowest BCUT2D eigenvalue weighted by Gasteiger charge is -2.44. The molecule has 1 saturated heterocycles. The van der Waals surface area contributed by atoms with Gasteiger partial charge in [0, 0.05) is 37.1 Å². The lowest BCUT2D eigenvalue weighted by atomic mass is 9.64. The van der Waals surface area contributed by atoms with Gasteiger partial charge in [-0.15, -0.1) is 0 Å². The summed E-state index contributed by atoms with van der Waals surface area (Å²) in [6.07, 6.45) is 3.49. The van der Waals surface area contributed by atoms with Crippen LogP contribution in [0.5, 0.6) is 0 Å². The Morgan fingerprint density at radius 3 is 2.42 bits per heavy atom. The van der Waals surface area contributed by atoms with Crippen molar-refractivity contribution in [3.63, 3.8) is 0 Å². The molecule has 0 atom stereocenters. The SMILES string of the molecule is CN=C(NCC1(c2ccc(Cl)cc2)CCC1)N1CCS(=O)(=O)C(C)(C)C1. The van der Waals surface area contributed by atoms with Crippen molar-refractivity contribution in [3.8, 4) is 0 Å². The number of aliphatic imine (C=N–C) groups is 1. The summed E-state index contributed by atoms with van der Waals surface area (Å²) < 4.78 is 23.7. The van der Waals surface area contributed by atoms with E-state index in [9.17, 15) is 8.42 Å². The van der Waals surface area contributed by atoms with E-state index in [0.717, 1.165) is 30.4 Å². The van der Waals surface area contributed by atoms with Crippen molar-refractivity contribution in [1.82, 2.24) is 10.2 Å². The molecule has 2 fully saturated rings. The van der Waals surface area contributed by atoms with Gasteiger partial charge in [-0.1, -0.05) is 30.2 Å². The molecule has 0 spiro atoms. The van der Waals surface area contributed by atoms with E-state index < -0.39 is 14.6 Å². The zero-order chi connectivity index (χ0) is 19.0. The highest BCUT2D eigenvalue weighted by Gasteiger charge is 2.42. The third-order valence-corrected chi connectivity index (χ3v) is 8.69. The van der Waals surface area contributed by atoms with Gasteiger partial charge in [0.05, 0.1) is 10.5 Å². The third-order valence-electron chi connectivity index (χ3n) is 5.91. The molecule has 0 aromatic heterocycles. The van der Waals surface area contributed by atoms with Gasteiger partial charge in [-0.05, 0) is 44.4 Å². The molecule has 1 aromatic carbocycles. The summed E-state index contributed by atoms with van der Waals surface area (Å²) in [5.41, 5.74) is 1.41. The summed E-state index contributed by atoms with van der Waals surface area (Å²) in [5, 5.41) is 4.26. The van der Waals surface area contributed by atoms with Gasteiger partial charge >= 0.3 is 0 Å². The fraction of sp³-hybridized carbons (Fsp3) is 0.632. The van der Waals surface area contributed by atoms with Crippen molar-refractivity contribution in [2.24, 2.45) is 4.99 Å². The molecule has 1 N–H and O–H groups in total. The molecular weight excluding hydrogens is 370 g/mol. The van der Waals surface area contributed by atoms with E-state index in [0.29, 0.717) is 13.1 Å². The van der Waals surface area contributed by atoms with E-state index in [4.69, 9.17) is 11.6 Å². The highest BCUT2D eigenvalue weighted by atomic mass is 35.5. The molecule has 1 aromatic rings. The number of nitrogens with one attached hydrogen (secondary N) is 1. The zero-order valence-corrected chi connectivity index (χ0v) is 17.3. The van der Waals surface area contributed by atoms with Gasteiger partial charge in [0.25, 0.3) is 0 Å². The third kappa shape index (κ3) is 3.58. The number of benzene rings is 1. The molecule has 2 aliphatic rings. The van der Waals surface area contributed by atoms with Crippen LogP contribution in [0.2, 0.25) is 5.02 Å². The van der Waals surface area contributed by atoms with Gasteiger partial charge in [0.1, 0.15) is 0 Å². The van der Waals surface area contributed by atoms with Crippen LogP contribution in [0.1, 0.15) is 38.7 Å². The molecule has 5 nitrogen and oxygen atoms in total. The smallest absolute Gasteiger partial charge is 0.193 e. The van der Waals surface area contributed by atoms with Crippen LogP contribution in [0.15, 0.2) is 29.3 Å². The molecule has 1 aliphatic heterocycles. The first kappa shape index (κ1) is 19.5. The maximum Gasteiger partial charge on any atom is 0.193 e. The Kier molecular flexibility index (Phi) is 5.28. The van der Waals surface area contributed by atoms with Gasteiger partial charge in [0.2, 0.25) is 0 Å². The summed E-state index contributed by atoms with van der Waals surface area (Å²) in [6, 6.07) is 8.12. The summed E-state index contributed by atoms with van der Waals surface area (Å²) in [5.74, 6) is 0.955. The van der Waals surface area contributed by atoms with Crippen molar-refractivity contribution in [2.45, 2.75) is 43.3 Å². The van der Waals surface area contributed by atoms with Crippen LogP contribution < -0.4 is 5.32 Å². The van der Waals surface area contributed by atoms with E-state index in [2.05, 4.69) is 27.3 Å². The predicted molar refractivity (Wildman–Crippen MR) is 108 cm³/mol. The fourth-order valence-corrected chi connectivity index (χ4v) is 5.37. The molecular formula is C19H28ClN3O2S. The molecule has 1 aliphatic carbocycles. The largest absolute Gasteiger partial charge is 0.355 e. The number of rotatable bonds is 3. The fourth-order valence-electron chi connectivity index (χ4n) is 3.88. The van der Waals surface area contributed by atoms with Crippen LogP contribution in [0, 0.1) is 0 Å². The van der Waals surface area contributed by atoms with E-state index in [1.807, 2.05) is 12.1 Å². The van der Waals surface area contributed by atoms with Crippen LogP contribution in [0.4, 0.5) is 0 Å². The molecule has 7 heteroatoms. The number of hydrogen-bond acceptors (Lipinski definition) is 3. The van der Waals surface area contributed by atoms with Crippen LogP contribution in [-0.4, -0.2) is 56.5 Å². The van der Waals surface area contributed by atoms with Crippen molar-refractivity contribution < 1.29 is 8.42 Å². The Balaban J connectivity index is 1.70. The van der Waals surface area contributed by atoms with E-state index in [1.165, 1.54) is 12.0 Å². The molecule has 26 heavy (non-hydrogen) atoms. The minimum atomic E-state index is -3.06. The second-order valence-corrected chi connectivity index (χ2v) is 11.2. The van der Waals surface area contributed by atoms with Crippen molar-refractivity contribution in [1.29, 1.82) is 0 Å². The first-order valence-electron chi connectivity index (χ1n) is 9.13. The van der Waals surface area contributed by atoms with Crippen LogP contribution in [0.3, 0.4) is 0 Å². The monoisotopic (exact) mass is 397 g/mol. The first-order valence-corrected chi connectivity index (χ1v) is 11.2. The number of nitrogens with zero attached hydrogens (tertiary/aromatic N) is 2. The standard InChI is InChI=1S/C19H28ClN3O2S/c1-18(2)14-23(11-12-26(18,24)25)17(21-3)22-13-19(9-4-10-19)15-5-7-16(20)8-6-15/h5-8H,4,9-14H2,1-3H3,(H,21,22). The number of hydrogen-bond donors (Lipinski definition) is 1. The molecule has 0 unspecified atom stereocenters. The van der Waals surface area contributed by atoms with Crippen LogP contribution >= 0.6 is 11.6 Å². The van der Waals surface area contributed by atoms with Gasteiger partial charge in [-0.2, -0.15) is 0 Å². The van der Waals surface area contributed by atoms with Gasteiger partial charge in [0.15, 0.2) is 15.8 Å². The minimum absolute atomic E-state index is 0.109. The second-order valence-electron chi connectivity index (χ2n) is 8.04. The van der Waals surface area contributed by atoms with Crippen molar-refractivity contribution in [3.05, 3.63) is 34.9 Å². The lowest BCUT2D eigenvalue weighted by Crippen LogP contribution is -2.58. The highest BCUT2D eigenvalue weighted by molar-refractivity contribution is 7.92.